The van der Waals surface area contributed by atoms with Gasteiger partial charge in [0.2, 0.25) is 0 Å². The summed E-state index contributed by atoms with van der Waals surface area (Å²) in [5, 5.41) is 11.6. The molecule has 2 aliphatic rings. The minimum absolute atomic E-state index is 0.270. The molecule has 1 saturated heterocycles. The SMILES string of the molecule is Cc1cc(CN2C(C(=O)O)CC3CCCCC32)cs1. The molecule has 1 N–H and O–H groups in total. The van der Waals surface area contributed by atoms with Crippen molar-refractivity contribution in [2.24, 2.45) is 5.92 Å². The Kier molecular flexibility index (Phi) is 3.63. The average Bonchev–Trinajstić information content (AvgIpc) is 2.95. The first kappa shape index (κ1) is 13.1. The second-order valence-corrected chi connectivity index (χ2v) is 7.05. The molecular weight excluding hydrogens is 258 g/mol. The fourth-order valence-electron chi connectivity index (χ4n) is 3.81. The van der Waals surface area contributed by atoms with E-state index in [1.165, 1.54) is 36.1 Å². The Labute approximate surface area is 118 Å². The quantitative estimate of drug-likeness (QED) is 0.923. The highest BCUT2D eigenvalue weighted by Gasteiger charge is 2.44. The summed E-state index contributed by atoms with van der Waals surface area (Å²) in [7, 11) is 0. The van der Waals surface area contributed by atoms with E-state index in [2.05, 4.69) is 23.3 Å². The zero-order chi connectivity index (χ0) is 13.4. The number of aliphatic carboxylic acids is 1. The van der Waals surface area contributed by atoms with Gasteiger partial charge in [-0.05, 0) is 49.1 Å². The standard InChI is InChI=1S/C15H21NO2S/c1-10-6-11(9-19-10)8-16-13-5-3-2-4-12(13)7-14(16)15(17)18/h6,9,12-14H,2-5,7-8H2,1H3,(H,17,18). The van der Waals surface area contributed by atoms with Crippen LogP contribution in [-0.2, 0) is 11.3 Å². The lowest BCUT2D eigenvalue weighted by Crippen LogP contribution is -2.41. The monoisotopic (exact) mass is 279 g/mol. The summed E-state index contributed by atoms with van der Waals surface area (Å²) < 4.78 is 0. The predicted octanol–water partition coefficient (Wildman–Crippen LogP) is 3.27. The molecule has 2 heterocycles. The molecule has 19 heavy (non-hydrogen) atoms. The predicted molar refractivity (Wildman–Crippen MR) is 76.4 cm³/mol. The fraction of sp³-hybridized carbons (Fsp3) is 0.667. The van der Waals surface area contributed by atoms with E-state index in [1.807, 2.05) is 0 Å². The number of carbonyl (C=O) groups is 1. The van der Waals surface area contributed by atoms with Gasteiger partial charge in [0.1, 0.15) is 6.04 Å². The van der Waals surface area contributed by atoms with Crippen molar-refractivity contribution in [1.29, 1.82) is 0 Å². The summed E-state index contributed by atoms with van der Waals surface area (Å²) in [4.78, 5) is 15.1. The summed E-state index contributed by atoms with van der Waals surface area (Å²) in [6.45, 7) is 2.92. The maximum absolute atomic E-state index is 11.5. The van der Waals surface area contributed by atoms with Crippen molar-refractivity contribution in [3.8, 4) is 0 Å². The van der Waals surface area contributed by atoms with Gasteiger partial charge in [-0.2, -0.15) is 0 Å². The van der Waals surface area contributed by atoms with Gasteiger partial charge in [0, 0.05) is 17.5 Å². The van der Waals surface area contributed by atoms with Crippen LogP contribution in [-0.4, -0.2) is 28.1 Å². The molecule has 3 unspecified atom stereocenters. The molecule has 3 atom stereocenters. The van der Waals surface area contributed by atoms with E-state index in [0.29, 0.717) is 12.0 Å². The number of carboxylic acid groups (broad SMARTS) is 1. The van der Waals surface area contributed by atoms with Crippen LogP contribution in [0.3, 0.4) is 0 Å². The first-order valence-corrected chi connectivity index (χ1v) is 8.05. The molecule has 1 aromatic rings. The van der Waals surface area contributed by atoms with Gasteiger partial charge in [-0.1, -0.05) is 12.8 Å². The molecule has 3 rings (SSSR count). The number of nitrogens with zero attached hydrogens (tertiary/aromatic N) is 1. The van der Waals surface area contributed by atoms with Crippen LogP contribution < -0.4 is 0 Å². The van der Waals surface area contributed by atoms with Gasteiger partial charge in [0.25, 0.3) is 0 Å². The van der Waals surface area contributed by atoms with Gasteiger partial charge in [-0.15, -0.1) is 11.3 Å². The third-order valence-corrected chi connectivity index (χ3v) is 5.57. The van der Waals surface area contributed by atoms with Crippen LogP contribution in [0.25, 0.3) is 0 Å². The average molecular weight is 279 g/mol. The van der Waals surface area contributed by atoms with Crippen molar-refractivity contribution in [2.45, 2.75) is 57.7 Å². The van der Waals surface area contributed by atoms with Crippen LogP contribution in [0.4, 0.5) is 0 Å². The molecule has 2 fully saturated rings. The fourth-order valence-corrected chi connectivity index (χ4v) is 4.51. The molecule has 1 saturated carbocycles. The van der Waals surface area contributed by atoms with Crippen molar-refractivity contribution >= 4 is 17.3 Å². The van der Waals surface area contributed by atoms with Crippen molar-refractivity contribution < 1.29 is 9.90 Å². The molecule has 0 amide bonds. The number of hydrogen-bond donors (Lipinski definition) is 1. The van der Waals surface area contributed by atoms with Crippen LogP contribution in [0.2, 0.25) is 0 Å². The van der Waals surface area contributed by atoms with Crippen LogP contribution in [0.5, 0.6) is 0 Å². The Morgan fingerprint density at radius 3 is 2.95 bits per heavy atom. The minimum atomic E-state index is -0.638. The molecule has 1 aliphatic carbocycles. The lowest BCUT2D eigenvalue weighted by molar-refractivity contribution is -0.142. The molecule has 1 aromatic heterocycles. The van der Waals surface area contributed by atoms with Gasteiger partial charge < -0.3 is 5.11 Å². The molecule has 3 nitrogen and oxygen atoms in total. The zero-order valence-corrected chi connectivity index (χ0v) is 12.2. The number of rotatable bonds is 3. The van der Waals surface area contributed by atoms with Gasteiger partial charge in [-0.3, -0.25) is 9.69 Å². The highest BCUT2D eigenvalue weighted by molar-refractivity contribution is 7.10. The first-order valence-electron chi connectivity index (χ1n) is 7.17. The lowest BCUT2D eigenvalue weighted by Gasteiger charge is -2.32. The summed E-state index contributed by atoms with van der Waals surface area (Å²) in [5.74, 6) is -0.0315. The number of likely N-dealkylation sites (tertiary alicyclic amines) is 1. The third-order valence-electron chi connectivity index (χ3n) is 4.66. The normalized spacial score (nSPS) is 31.3. The van der Waals surface area contributed by atoms with E-state index in [1.54, 1.807) is 11.3 Å². The summed E-state index contributed by atoms with van der Waals surface area (Å²) in [6, 6.07) is 2.42. The van der Waals surface area contributed by atoms with Gasteiger partial charge in [-0.25, -0.2) is 0 Å². The molecule has 0 radical (unpaired) electrons. The second kappa shape index (κ2) is 5.25. The smallest absolute Gasteiger partial charge is 0.320 e. The molecule has 4 heteroatoms. The van der Waals surface area contributed by atoms with Crippen molar-refractivity contribution in [3.63, 3.8) is 0 Å². The van der Waals surface area contributed by atoms with E-state index in [4.69, 9.17) is 0 Å². The molecule has 1 aliphatic heterocycles. The second-order valence-electron chi connectivity index (χ2n) is 5.94. The van der Waals surface area contributed by atoms with Gasteiger partial charge in [0.15, 0.2) is 0 Å². The third kappa shape index (κ3) is 2.56. The molecule has 104 valence electrons. The summed E-state index contributed by atoms with van der Waals surface area (Å²) >= 11 is 1.75. The van der Waals surface area contributed by atoms with E-state index >= 15 is 0 Å². The Bertz CT molecular complexity index is 470. The van der Waals surface area contributed by atoms with Crippen LogP contribution in [0, 0.1) is 12.8 Å². The van der Waals surface area contributed by atoms with Gasteiger partial charge >= 0.3 is 5.97 Å². The Morgan fingerprint density at radius 2 is 2.26 bits per heavy atom. The van der Waals surface area contributed by atoms with E-state index in [0.717, 1.165) is 13.0 Å². The number of carboxylic acids is 1. The molecule has 0 spiro atoms. The zero-order valence-electron chi connectivity index (χ0n) is 11.3. The Hall–Kier alpha value is -0.870. The molecule has 0 aromatic carbocycles. The lowest BCUT2D eigenvalue weighted by atomic mass is 9.84. The largest absolute Gasteiger partial charge is 0.480 e. The Balaban J connectivity index is 1.80. The van der Waals surface area contributed by atoms with E-state index in [-0.39, 0.29) is 6.04 Å². The number of aryl methyl sites for hydroxylation is 1. The number of thiophene rings is 1. The van der Waals surface area contributed by atoms with Crippen molar-refractivity contribution in [3.05, 3.63) is 21.9 Å². The molecule has 0 bridgehead atoms. The van der Waals surface area contributed by atoms with Crippen LogP contribution >= 0.6 is 11.3 Å². The number of hydrogen-bond acceptors (Lipinski definition) is 3. The van der Waals surface area contributed by atoms with Crippen LogP contribution in [0.1, 0.15) is 42.5 Å². The summed E-state index contributed by atoms with van der Waals surface area (Å²) in [5.41, 5.74) is 1.28. The molecular formula is C15H21NO2S. The topological polar surface area (TPSA) is 40.5 Å². The maximum atomic E-state index is 11.5. The van der Waals surface area contributed by atoms with Crippen molar-refractivity contribution in [1.82, 2.24) is 4.90 Å². The highest BCUT2D eigenvalue weighted by atomic mass is 32.1. The maximum Gasteiger partial charge on any atom is 0.320 e. The van der Waals surface area contributed by atoms with E-state index in [9.17, 15) is 9.90 Å². The van der Waals surface area contributed by atoms with Gasteiger partial charge in [0.05, 0.1) is 0 Å². The van der Waals surface area contributed by atoms with Crippen LogP contribution in [0.15, 0.2) is 11.4 Å². The van der Waals surface area contributed by atoms with E-state index < -0.39 is 5.97 Å². The highest BCUT2D eigenvalue weighted by Crippen LogP contribution is 2.40. The first-order chi connectivity index (χ1) is 9.15. The number of fused-ring (bicyclic) bond motifs is 1. The minimum Gasteiger partial charge on any atom is -0.480 e. The summed E-state index contributed by atoms with van der Waals surface area (Å²) in [6.07, 6.45) is 5.78. The van der Waals surface area contributed by atoms with Crippen molar-refractivity contribution in [2.75, 3.05) is 0 Å². The Morgan fingerprint density at radius 1 is 1.47 bits per heavy atom.